The SMILES string of the molecule is COC(=O)[C@@H]1C[C@@H]2C=C[C@H]1C(=O)O2. The van der Waals surface area contributed by atoms with Crippen LogP contribution in [0.4, 0.5) is 0 Å². The zero-order valence-corrected chi connectivity index (χ0v) is 7.23. The lowest BCUT2D eigenvalue weighted by Crippen LogP contribution is -2.43. The predicted molar refractivity (Wildman–Crippen MR) is 42.6 cm³/mol. The van der Waals surface area contributed by atoms with Crippen LogP contribution in [0.2, 0.25) is 0 Å². The van der Waals surface area contributed by atoms with Gasteiger partial charge in [0.1, 0.15) is 6.10 Å². The molecule has 4 nitrogen and oxygen atoms in total. The van der Waals surface area contributed by atoms with Crippen molar-refractivity contribution in [1.82, 2.24) is 0 Å². The van der Waals surface area contributed by atoms with Crippen LogP contribution in [0.1, 0.15) is 6.42 Å². The van der Waals surface area contributed by atoms with Crippen LogP contribution in [0, 0.1) is 11.8 Å². The van der Waals surface area contributed by atoms with Crippen molar-refractivity contribution in [3.8, 4) is 0 Å². The molecule has 0 aromatic heterocycles. The second-order valence-electron chi connectivity index (χ2n) is 3.25. The van der Waals surface area contributed by atoms with Gasteiger partial charge in [-0.25, -0.2) is 0 Å². The first-order chi connectivity index (χ1) is 6.22. The molecule has 0 N–H and O–H groups in total. The highest BCUT2D eigenvalue weighted by molar-refractivity contribution is 5.85. The Balaban J connectivity index is 2.21. The Morgan fingerprint density at radius 2 is 2.38 bits per heavy atom. The maximum atomic E-state index is 11.2. The predicted octanol–water partition coefficient (Wildman–Crippen LogP) is 0.277. The van der Waals surface area contributed by atoms with Crippen LogP contribution in [-0.2, 0) is 19.1 Å². The van der Waals surface area contributed by atoms with Crippen molar-refractivity contribution in [2.24, 2.45) is 11.8 Å². The van der Waals surface area contributed by atoms with E-state index in [1.807, 2.05) is 6.08 Å². The zero-order valence-electron chi connectivity index (χ0n) is 7.23. The van der Waals surface area contributed by atoms with E-state index in [4.69, 9.17) is 4.74 Å². The number of hydrogen-bond donors (Lipinski definition) is 0. The molecule has 4 heteroatoms. The maximum Gasteiger partial charge on any atom is 0.314 e. The number of hydrogen-bond acceptors (Lipinski definition) is 4. The minimum Gasteiger partial charge on any atom is -0.469 e. The van der Waals surface area contributed by atoms with E-state index >= 15 is 0 Å². The number of fused-ring (bicyclic) bond motifs is 2. The van der Waals surface area contributed by atoms with Gasteiger partial charge in [0, 0.05) is 6.42 Å². The van der Waals surface area contributed by atoms with Crippen molar-refractivity contribution in [1.29, 1.82) is 0 Å². The minimum atomic E-state index is -0.433. The first-order valence-corrected chi connectivity index (χ1v) is 4.19. The number of ether oxygens (including phenoxy) is 2. The molecule has 0 amide bonds. The van der Waals surface area contributed by atoms with Crippen LogP contribution in [0.15, 0.2) is 12.2 Å². The number of esters is 2. The monoisotopic (exact) mass is 182 g/mol. The second-order valence-corrected chi connectivity index (χ2v) is 3.25. The first kappa shape index (κ1) is 8.29. The smallest absolute Gasteiger partial charge is 0.314 e. The van der Waals surface area contributed by atoms with E-state index in [0.717, 1.165) is 0 Å². The van der Waals surface area contributed by atoms with Crippen molar-refractivity contribution >= 4 is 11.9 Å². The van der Waals surface area contributed by atoms with E-state index in [0.29, 0.717) is 6.42 Å². The number of carbonyl (C=O) groups excluding carboxylic acids is 2. The third-order valence-corrected chi connectivity index (χ3v) is 2.50. The molecule has 2 bridgehead atoms. The molecule has 2 heterocycles. The van der Waals surface area contributed by atoms with E-state index in [9.17, 15) is 9.59 Å². The van der Waals surface area contributed by atoms with Crippen LogP contribution in [0.25, 0.3) is 0 Å². The molecule has 0 unspecified atom stereocenters. The van der Waals surface area contributed by atoms with E-state index in [1.165, 1.54) is 7.11 Å². The maximum absolute atomic E-state index is 11.2. The Kier molecular flexibility index (Phi) is 1.83. The van der Waals surface area contributed by atoms with E-state index < -0.39 is 5.92 Å². The lowest BCUT2D eigenvalue weighted by Gasteiger charge is -2.34. The fraction of sp³-hybridized carbons (Fsp3) is 0.556. The molecule has 13 heavy (non-hydrogen) atoms. The molecule has 3 aliphatic rings. The van der Waals surface area contributed by atoms with Gasteiger partial charge in [0.05, 0.1) is 18.9 Å². The highest BCUT2D eigenvalue weighted by Gasteiger charge is 2.43. The number of methoxy groups -OCH3 is 1. The topological polar surface area (TPSA) is 52.6 Å². The van der Waals surface area contributed by atoms with Gasteiger partial charge >= 0.3 is 11.9 Å². The molecule has 0 aromatic carbocycles. The fourth-order valence-electron chi connectivity index (χ4n) is 1.81. The summed E-state index contributed by atoms with van der Waals surface area (Å²) in [5, 5.41) is 0. The molecule has 2 aliphatic heterocycles. The van der Waals surface area contributed by atoms with Gasteiger partial charge in [-0.05, 0) is 6.08 Å². The Bertz CT molecular complexity index is 281. The van der Waals surface area contributed by atoms with Crippen LogP contribution in [-0.4, -0.2) is 25.2 Å². The molecule has 1 aliphatic carbocycles. The van der Waals surface area contributed by atoms with Gasteiger partial charge in [0.15, 0.2) is 0 Å². The molecule has 0 aromatic rings. The first-order valence-electron chi connectivity index (χ1n) is 4.19. The molecule has 70 valence electrons. The van der Waals surface area contributed by atoms with Gasteiger partial charge in [-0.3, -0.25) is 9.59 Å². The highest BCUT2D eigenvalue weighted by atomic mass is 16.6. The summed E-state index contributed by atoms with van der Waals surface area (Å²) in [7, 11) is 1.33. The Morgan fingerprint density at radius 1 is 1.62 bits per heavy atom. The van der Waals surface area contributed by atoms with Crippen LogP contribution >= 0.6 is 0 Å². The normalized spacial score (nSPS) is 35.8. The van der Waals surface area contributed by atoms with E-state index in [2.05, 4.69) is 4.74 Å². The average molecular weight is 182 g/mol. The Morgan fingerprint density at radius 3 is 2.92 bits per heavy atom. The van der Waals surface area contributed by atoms with Crippen LogP contribution < -0.4 is 0 Å². The van der Waals surface area contributed by atoms with Gasteiger partial charge in [0.2, 0.25) is 0 Å². The van der Waals surface area contributed by atoms with Gasteiger partial charge < -0.3 is 9.47 Å². The van der Waals surface area contributed by atoms with E-state index in [-0.39, 0.29) is 24.0 Å². The zero-order chi connectivity index (χ0) is 9.42. The highest BCUT2D eigenvalue weighted by Crippen LogP contribution is 2.34. The van der Waals surface area contributed by atoms with Crippen molar-refractivity contribution in [2.45, 2.75) is 12.5 Å². The van der Waals surface area contributed by atoms with Crippen LogP contribution in [0.3, 0.4) is 0 Å². The molecule has 0 spiro atoms. The Labute approximate surface area is 75.5 Å². The van der Waals surface area contributed by atoms with Crippen molar-refractivity contribution in [3.63, 3.8) is 0 Å². The average Bonchev–Trinajstić information content (AvgIpc) is 2.17. The third kappa shape index (κ3) is 1.22. The summed E-state index contributed by atoms with van der Waals surface area (Å²) in [6.07, 6.45) is 3.88. The summed E-state index contributed by atoms with van der Waals surface area (Å²) in [6, 6.07) is 0. The molecule has 3 rings (SSSR count). The molecule has 3 atom stereocenters. The summed E-state index contributed by atoms with van der Waals surface area (Å²) in [6.45, 7) is 0. The quantitative estimate of drug-likeness (QED) is 0.431. The number of rotatable bonds is 1. The van der Waals surface area contributed by atoms with Crippen LogP contribution in [0.5, 0.6) is 0 Å². The molecular weight excluding hydrogens is 172 g/mol. The van der Waals surface area contributed by atoms with Gasteiger partial charge in [-0.15, -0.1) is 0 Å². The summed E-state index contributed by atoms with van der Waals surface area (Å²) in [5.41, 5.74) is 0. The van der Waals surface area contributed by atoms with E-state index in [1.54, 1.807) is 6.08 Å². The second kappa shape index (κ2) is 2.87. The Hall–Kier alpha value is -1.32. The number of carbonyl (C=O) groups is 2. The minimum absolute atomic E-state index is 0.235. The van der Waals surface area contributed by atoms with Gasteiger partial charge in [0.25, 0.3) is 0 Å². The standard InChI is InChI=1S/C9H10O4/c1-12-8(10)7-4-5-2-3-6(7)9(11)13-5/h2-3,5-7H,4H2,1H3/t5-,6+,7+/m0/s1. The summed E-state index contributed by atoms with van der Waals surface area (Å²) < 4.78 is 9.59. The fourth-order valence-corrected chi connectivity index (χ4v) is 1.81. The molecule has 0 radical (unpaired) electrons. The lowest BCUT2D eigenvalue weighted by atomic mass is 9.80. The molecule has 0 saturated carbocycles. The summed E-state index contributed by atoms with van der Waals surface area (Å²) >= 11 is 0. The molecular formula is C9H10O4. The third-order valence-electron chi connectivity index (χ3n) is 2.50. The molecule has 1 fully saturated rings. The van der Waals surface area contributed by atoms with Crippen molar-refractivity contribution < 1.29 is 19.1 Å². The largest absolute Gasteiger partial charge is 0.469 e. The summed E-state index contributed by atoms with van der Waals surface area (Å²) in [4.78, 5) is 22.4. The van der Waals surface area contributed by atoms with Crippen molar-refractivity contribution in [3.05, 3.63) is 12.2 Å². The van der Waals surface area contributed by atoms with Gasteiger partial charge in [-0.1, -0.05) is 6.08 Å². The summed E-state index contributed by atoms with van der Waals surface area (Å²) in [5.74, 6) is -1.41. The molecule has 1 saturated heterocycles. The van der Waals surface area contributed by atoms with Crippen molar-refractivity contribution in [2.75, 3.05) is 7.11 Å². The lowest BCUT2D eigenvalue weighted by molar-refractivity contribution is -0.170. The van der Waals surface area contributed by atoms with Gasteiger partial charge in [-0.2, -0.15) is 0 Å².